The van der Waals surface area contributed by atoms with Crippen LogP contribution in [0.2, 0.25) is 0 Å². The highest BCUT2D eigenvalue weighted by atomic mass is 16.7. The van der Waals surface area contributed by atoms with E-state index < -0.39 is 7.12 Å². The molecule has 1 aromatic rings. The first kappa shape index (κ1) is 20.7. The van der Waals surface area contributed by atoms with Crippen molar-refractivity contribution in [2.75, 3.05) is 26.3 Å². The lowest BCUT2D eigenvalue weighted by atomic mass is 9.77. The number of benzene rings is 1. The van der Waals surface area contributed by atoms with Crippen molar-refractivity contribution in [1.29, 1.82) is 0 Å². The lowest BCUT2D eigenvalue weighted by Gasteiger charge is -2.35. The van der Waals surface area contributed by atoms with Crippen LogP contribution in [0.3, 0.4) is 0 Å². The molecule has 0 N–H and O–H groups in total. The smallest absolute Gasteiger partial charge is 0.491 e. The van der Waals surface area contributed by atoms with Crippen LogP contribution in [-0.4, -0.2) is 61.7 Å². The first-order valence-electron chi connectivity index (χ1n) is 10.0. The van der Waals surface area contributed by atoms with E-state index in [-0.39, 0.29) is 17.3 Å². The minimum atomic E-state index is -0.427. The molecule has 0 radical (unpaired) electrons. The summed E-state index contributed by atoms with van der Waals surface area (Å²) in [6.45, 7) is 18.0. The molecule has 0 bridgehead atoms. The second-order valence-corrected chi connectivity index (χ2v) is 9.02. The molecule has 27 heavy (non-hydrogen) atoms. The van der Waals surface area contributed by atoms with E-state index >= 15 is 0 Å². The molecule has 3 rings (SSSR count). The van der Waals surface area contributed by atoms with Gasteiger partial charge in [0, 0.05) is 24.6 Å². The molecule has 2 heterocycles. The lowest BCUT2D eigenvalue weighted by molar-refractivity contribution is -0.0563. The van der Waals surface area contributed by atoms with E-state index in [9.17, 15) is 0 Å². The zero-order valence-electron chi connectivity index (χ0n) is 17.9. The Morgan fingerprint density at radius 2 is 1.85 bits per heavy atom. The van der Waals surface area contributed by atoms with Crippen LogP contribution in [0.25, 0.3) is 0 Å². The molecule has 1 unspecified atom stereocenters. The predicted octanol–water partition coefficient (Wildman–Crippen LogP) is 2.78. The molecule has 1 aromatic carbocycles. The maximum atomic E-state index is 6.24. The maximum Gasteiger partial charge on any atom is 0.498 e. The average molecular weight is 375 g/mol. The largest absolute Gasteiger partial charge is 0.498 e. The van der Waals surface area contributed by atoms with Crippen LogP contribution < -0.4 is 10.2 Å². The highest BCUT2D eigenvalue weighted by Gasteiger charge is 2.52. The van der Waals surface area contributed by atoms with Gasteiger partial charge >= 0.3 is 7.12 Å². The molecule has 0 aromatic heterocycles. The third-order valence-corrected chi connectivity index (χ3v) is 6.00. The second-order valence-electron chi connectivity index (χ2n) is 9.02. The molecule has 2 saturated heterocycles. The van der Waals surface area contributed by atoms with Crippen molar-refractivity contribution < 1.29 is 18.8 Å². The van der Waals surface area contributed by atoms with Crippen LogP contribution in [0, 0.1) is 6.92 Å². The van der Waals surface area contributed by atoms with Crippen molar-refractivity contribution in [2.24, 2.45) is 0 Å². The average Bonchev–Trinajstić information content (AvgIpc) is 2.81. The van der Waals surface area contributed by atoms with Gasteiger partial charge < -0.3 is 18.8 Å². The molecule has 1 atom stereocenters. The Labute approximate surface area is 164 Å². The summed E-state index contributed by atoms with van der Waals surface area (Å²) in [5.74, 6) is 0.810. The Kier molecular flexibility index (Phi) is 5.92. The summed E-state index contributed by atoms with van der Waals surface area (Å²) >= 11 is 0. The zero-order valence-corrected chi connectivity index (χ0v) is 17.9. The van der Waals surface area contributed by atoms with Crippen LogP contribution in [0.1, 0.15) is 47.1 Å². The van der Waals surface area contributed by atoms with Gasteiger partial charge in [0.05, 0.1) is 17.8 Å². The molecule has 0 amide bonds. The van der Waals surface area contributed by atoms with Crippen molar-refractivity contribution in [1.82, 2.24) is 4.90 Å². The minimum absolute atomic E-state index is 0.0774. The molecule has 2 aliphatic rings. The third-order valence-electron chi connectivity index (χ3n) is 6.00. The van der Waals surface area contributed by atoms with Gasteiger partial charge in [-0.25, -0.2) is 0 Å². The number of nitrogens with zero attached hydrogens (tertiary/aromatic N) is 1. The van der Waals surface area contributed by atoms with E-state index in [0.717, 1.165) is 36.5 Å². The first-order valence-corrected chi connectivity index (χ1v) is 10.0. The highest BCUT2D eigenvalue weighted by molar-refractivity contribution is 6.63. The standard InChI is InChI=1S/C21H34BNO4/c1-15(2)23-10-11-24-17(13-23)14-25-19-9-8-16(3)12-18(19)22-26-20(4,5)21(6,7)27-22/h8-9,12,15,17H,10-11,13-14H2,1-7H3. The van der Waals surface area contributed by atoms with Gasteiger partial charge in [0.25, 0.3) is 0 Å². The summed E-state index contributed by atoms with van der Waals surface area (Å²) in [6, 6.07) is 6.70. The second kappa shape index (κ2) is 7.74. The monoisotopic (exact) mass is 375 g/mol. The molecule has 0 spiro atoms. The first-order chi connectivity index (χ1) is 12.6. The van der Waals surface area contributed by atoms with Crippen molar-refractivity contribution >= 4 is 12.6 Å². The Hall–Kier alpha value is -1.08. The summed E-state index contributed by atoms with van der Waals surface area (Å²) in [5, 5.41) is 0. The molecule has 2 aliphatic heterocycles. The van der Waals surface area contributed by atoms with Crippen molar-refractivity contribution in [3.63, 3.8) is 0 Å². The summed E-state index contributed by atoms with van der Waals surface area (Å²) in [5.41, 5.74) is 1.36. The maximum absolute atomic E-state index is 6.24. The predicted molar refractivity (Wildman–Crippen MR) is 109 cm³/mol. The van der Waals surface area contributed by atoms with Crippen LogP contribution in [-0.2, 0) is 14.0 Å². The van der Waals surface area contributed by atoms with Gasteiger partial charge in [-0.3, -0.25) is 4.90 Å². The minimum Gasteiger partial charge on any atom is -0.491 e. The number of hydrogen-bond acceptors (Lipinski definition) is 5. The fraction of sp³-hybridized carbons (Fsp3) is 0.714. The van der Waals surface area contributed by atoms with Gasteiger partial charge in [-0.05, 0) is 54.5 Å². The molecule has 5 nitrogen and oxygen atoms in total. The van der Waals surface area contributed by atoms with Gasteiger partial charge in [0.15, 0.2) is 0 Å². The highest BCUT2D eigenvalue weighted by Crippen LogP contribution is 2.37. The quantitative estimate of drug-likeness (QED) is 0.741. The molecule has 0 saturated carbocycles. The van der Waals surface area contributed by atoms with E-state index in [4.69, 9.17) is 18.8 Å². The number of hydrogen-bond donors (Lipinski definition) is 0. The molecular formula is C21H34BNO4. The van der Waals surface area contributed by atoms with E-state index in [0.29, 0.717) is 12.6 Å². The van der Waals surface area contributed by atoms with Crippen molar-refractivity contribution in [3.05, 3.63) is 23.8 Å². The van der Waals surface area contributed by atoms with Gasteiger partial charge in [0.1, 0.15) is 18.5 Å². The summed E-state index contributed by atoms with van der Waals surface area (Å²) in [6.07, 6.45) is 0.0774. The van der Waals surface area contributed by atoms with Gasteiger partial charge in [-0.2, -0.15) is 0 Å². The van der Waals surface area contributed by atoms with Crippen molar-refractivity contribution in [2.45, 2.75) is 71.8 Å². The molecule has 6 heteroatoms. The van der Waals surface area contributed by atoms with E-state index in [1.165, 1.54) is 0 Å². The molecular weight excluding hydrogens is 341 g/mol. The number of ether oxygens (including phenoxy) is 2. The van der Waals surface area contributed by atoms with E-state index in [1.807, 2.05) is 6.07 Å². The number of morpholine rings is 1. The van der Waals surface area contributed by atoms with E-state index in [2.05, 4.69) is 65.5 Å². The van der Waals surface area contributed by atoms with Gasteiger partial charge in [-0.15, -0.1) is 0 Å². The van der Waals surface area contributed by atoms with Gasteiger partial charge in [-0.1, -0.05) is 17.7 Å². The van der Waals surface area contributed by atoms with Gasteiger partial charge in [0.2, 0.25) is 0 Å². The Morgan fingerprint density at radius 3 is 2.48 bits per heavy atom. The molecule has 150 valence electrons. The lowest BCUT2D eigenvalue weighted by Crippen LogP contribution is -2.48. The van der Waals surface area contributed by atoms with Crippen LogP contribution in [0.5, 0.6) is 5.75 Å². The van der Waals surface area contributed by atoms with Crippen LogP contribution >= 0.6 is 0 Å². The van der Waals surface area contributed by atoms with Crippen LogP contribution in [0.15, 0.2) is 18.2 Å². The Bertz CT molecular complexity index is 646. The zero-order chi connectivity index (χ0) is 19.8. The molecule has 0 aliphatic carbocycles. The third kappa shape index (κ3) is 4.50. The summed E-state index contributed by atoms with van der Waals surface area (Å²) in [4.78, 5) is 2.43. The fourth-order valence-corrected chi connectivity index (χ4v) is 3.45. The SMILES string of the molecule is Cc1ccc(OCC2CN(C(C)C)CCO2)c(B2OC(C)(C)C(C)(C)O2)c1. The Morgan fingerprint density at radius 1 is 1.19 bits per heavy atom. The Balaban J connectivity index is 1.72. The van der Waals surface area contributed by atoms with Crippen LogP contribution in [0.4, 0.5) is 0 Å². The number of aryl methyl sites for hydroxylation is 1. The normalized spacial score (nSPS) is 25.2. The summed E-state index contributed by atoms with van der Waals surface area (Å²) in [7, 11) is -0.427. The van der Waals surface area contributed by atoms with Crippen molar-refractivity contribution in [3.8, 4) is 5.75 Å². The summed E-state index contributed by atoms with van der Waals surface area (Å²) < 4.78 is 24.6. The fourth-order valence-electron chi connectivity index (χ4n) is 3.45. The topological polar surface area (TPSA) is 40.2 Å². The molecule has 2 fully saturated rings. The van der Waals surface area contributed by atoms with E-state index in [1.54, 1.807) is 0 Å². The number of rotatable bonds is 5.